The molecule has 156 valence electrons. The molecule has 1 N–H and O–H groups in total. The average Bonchev–Trinajstić information content (AvgIpc) is 3.30. The number of hydrogen-bond acceptors (Lipinski definition) is 4. The normalized spacial score (nSPS) is 14.8. The number of rotatable bonds is 6. The van der Waals surface area contributed by atoms with E-state index in [9.17, 15) is 9.59 Å². The van der Waals surface area contributed by atoms with Crippen LogP contribution >= 0.6 is 0 Å². The van der Waals surface area contributed by atoms with Gasteiger partial charge in [0.05, 0.1) is 12.1 Å². The first-order chi connectivity index (χ1) is 15.0. The lowest BCUT2D eigenvalue weighted by Gasteiger charge is -2.16. The van der Waals surface area contributed by atoms with Crippen molar-refractivity contribution in [3.8, 4) is 0 Å². The Kier molecular flexibility index (Phi) is 5.80. The molecule has 0 saturated heterocycles. The summed E-state index contributed by atoms with van der Waals surface area (Å²) in [7, 11) is 0. The lowest BCUT2D eigenvalue weighted by Crippen LogP contribution is -2.30. The molecule has 0 fully saturated rings. The van der Waals surface area contributed by atoms with E-state index < -0.39 is 0 Å². The summed E-state index contributed by atoms with van der Waals surface area (Å²) >= 11 is 0. The first-order valence-corrected chi connectivity index (χ1v) is 10.1. The highest BCUT2D eigenvalue weighted by molar-refractivity contribution is 6.28. The van der Waals surface area contributed by atoms with Crippen molar-refractivity contribution in [1.82, 2.24) is 5.32 Å². The number of aliphatic imine (C=N–C) groups is 1. The van der Waals surface area contributed by atoms with E-state index in [4.69, 9.17) is 4.42 Å². The largest absolute Gasteiger partial charge is 0.462 e. The molecule has 2 amide bonds. The minimum Gasteiger partial charge on any atom is -0.462 e. The average molecular weight is 413 g/mol. The first kappa shape index (κ1) is 20.3. The van der Waals surface area contributed by atoms with E-state index in [1.54, 1.807) is 24.0 Å². The van der Waals surface area contributed by atoms with Crippen molar-refractivity contribution >= 4 is 29.4 Å². The molecule has 3 aromatic rings. The molecule has 4 rings (SSSR count). The standard InChI is InChI=1S/C25H23N3O3/c1-17-8-13-22(31-17)15-23-25(30)28(18(2)27-23)21-11-9-19(10-12-21)14-24(29)26-16-20-6-4-3-5-7-20/h3-13,15H,14,16H2,1-2H3,(H,26,29)/b23-15-. The lowest BCUT2D eigenvalue weighted by atomic mass is 10.1. The van der Waals surface area contributed by atoms with E-state index in [1.807, 2.05) is 67.6 Å². The molecule has 0 atom stereocenters. The quantitative estimate of drug-likeness (QED) is 0.614. The van der Waals surface area contributed by atoms with E-state index in [1.165, 1.54) is 0 Å². The molecule has 6 heteroatoms. The van der Waals surface area contributed by atoms with Gasteiger partial charge in [-0.2, -0.15) is 0 Å². The maximum Gasteiger partial charge on any atom is 0.282 e. The highest BCUT2D eigenvalue weighted by Crippen LogP contribution is 2.25. The Morgan fingerprint density at radius 1 is 1.00 bits per heavy atom. The summed E-state index contributed by atoms with van der Waals surface area (Å²) in [6, 6.07) is 20.8. The molecule has 0 spiro atoms. The fraction of sp³-hybridized carbons (Fsp3) is 0.160. The van der Waals surface area contributed by atoms with Gasteiger partial charge < -0.3 is 9.73 Å². The highest BCUT2D eigenvalue weighted by Gasteiger charge is 2.29. The first-order valence-electron chi connectivity index (χ1n) is 10.1. The highest BCUT2D eigenvalue weighted by atomic mass is 16.3. The Hall–Kier alpha value is -3.93. The van der Waals surface area contributed by atoms with Gasteiger partial charge in [0.1, 0.15) is 23.1 Å². The predicted octanol–water partition coefficient (Wildman–Crippen LogP) is 4.25. The number of amidine groups is 1. The second-order valence-corrected chi connectivity index (χ2v) is 7.38. The van der Waals surface area contributed by atoms with Gasteiger partial charge in [0.2, 0.25) is 5.91 Å². The molecule has 0 radical (unpaired) electrons. The SMILES string of the molecule is CC1=N/C(=C\c2ccc(C)o2)C(=O)N1c1ccc(CC(=O)NCc2ccccc2)cc1. The van der Waals surface area contributed by atoms with E-state index in [-0.39, 0.29) is 18.2 Å². The van der Waals surface area contributed by atoms with Crippen molar-refractivity contribution in [2.75, 3.05) is 4.90 Å². The van der Waals surface area contributed by atoms with Crippen molar-refractivity contribution in [2.45, 2.75) is 26.8 Å². The molecule has 1 aliphatic heterocycles. The lowest BCUT2D eigenvalue weighted by molar-refractivity contribution is -0.120. The number of carbonyl (C=O) groups excluding carboxylic acids is 2. The van der Waals surface area contributed by atoms with Gasteiger partial charge in [-0.3, -0.25) is 14.5 Å². The van der Waals surface area contributed by atoms with Gasteiger partial charge in [-0.25, -0.2) is 4.99 Å². The summed E-state index contributed by atoms with van der Waals surface area (Å²) in [5, 5.41) is 2.92. The zero-order valence-electron chi connectivity index (χ0n) is 17.5. The smallest absolute Gasteiger partial charge is 0.282 e. The van der Waals surface area contributed by atoms with Gasteiger partial charge >= 0.3 is 0 Å². The van der Waals surface area contributed by atoms with Crippen molar-refractivity contribution in [2.24, 2.45) is 4.99 Å². The van der Waals surface area contributed by atoms with Crippen LogP contribution in [0.2, 0.25) is 0 Å². The van der Waals surface area contributed by atoms with Crippen molar-refractivity contribution in [3.63, 3.8) is 0 Å². The Balaban J connectivity index is 1.40. The number of hydrogen-bond donors (Lipinski definition) is 1. The van der Waals surface area contributed by atoms with Crippen LogP contribution in [0.1, 0.15) is 29.6 Å². The van der Waals surface area contributed by atoms with Crippen LogP contribution in [0.4, 0.5) is 5.69 Å². The zero-order chi connectivity index (χ0) is 21.8. The van der Waals surface area contributed by atoms with Crippen LogP contribution in [0.5, 0.6) is 0 Å². The molecule has 2 aromatic carbocycles. The predicted molar refractivity (Wildman–Crippen MR) is 120 cm³/mol. The molecule has 0 unspecified atom stereocenters. The molecule has 1 aromatic heterocycles. The maximum absolute atomic E-state index is 12.8. The van der Waals surface area contributed by atoms with E-state index in [0.717, 1.165) is 16.9 Å². The number of nitrogens with one attached hydrogen (secondary N) is 1. The zero-order valence-corrected chi connectivity index (χ0v) is 17.5. The van der Waals surface area contributed by atoms with Crippen LogP contribution in [0.3, 0.4) is 0 Å². The molecule has 0 saturated carbocycles. The van der Waals surface area contributed by atoms with Gasteiger partial charge in [-0.05, 0) is 49.2 Å². The minimum atomic E-state index is -0.208. The van der Waals surface area contributed by atoms with Crippen LogP contribution < -0.4 is 10.2 Å². The molecular formula is C25H23N3O3. The van der Waals surface area contributed by atoms with Gasteiger partial charge in [-0.1, -0.05) is 42.5 Å². The molecule has 6 nitrogen and oxygen atoms in total. The number of benzene rings is 2. The molecular weight excluding hydrogens is 390 g/mol. The van der Waals surface area contributed by atoms with E-state index in [2.05, 4.69) is 10.3 Å². The number of amides is 2. The summed E-state index contributed by atoms with van der Waals surface area (Å²) in [5.74, 6) is 1.70. The fourth-order valence-corrected chi connectivity index (χ4v) is 3.40. The number of anilines is 1. The maximum atomic E-state index is 12.8. The second-order valence-electron chi connectivity index (χ2n) is 7.38. The summed E-state index contributed by atoms with van der Waals surface area (Å²) in [6.45, 7) is 4.14. The summed E-state index contributed by atoms with van der Waals surface area (Å²) in [6.07, 6.45) is 1.92. The van der Waals surface area contributed by atoms with Crippen LogP contribution in [-0.4, -0.2) is 17.6 Å². The summed E-state index contributed by atoms with van der Waals surface area (Å²) < 4.78 is 5.52. The van der Waals surface area contributed by atoms with Crippen LogP contribution in [0, 0.1) is 6.92 Å². The van der Waals surface area contributed by atoms with Crippen LogP contribution in [0.15, 0.2) is 81.8 Å². The Bertz CT molecular complexity index is 1160. The number of furan rings is 1. The molecule has 0 bridgehead atoms. The van der Waals surface area contributed by atoms with Crippen LogP contribution in [0.25, 0.3) is 6.08 Å². The second kappa shape index (κ2) is 8.83. The topological polar surface area (TPSA) is 74.9 Å². The minimum absolute atomic E-state index is 0.0504. The van der Waals surface area contributed by atoms with Crippen molar-refractivity contribution < 1.29 is 14.0 Å². The molecule has 0 aliphatic carbocycles. The number of carbonyl (C=O) groups is 2. The Morgan fingerprint density at radius 3 is 2.42 bits per heavy atom. The third-order valence-electron chi connectivity index (χ3n) is 4.96. The Labute approximate surface area is 180 Å². The van der Waals surface area contributed by atoms with E-state index >= 15 is 0 Å². The van der Waals surface area contributed by atoms with E-state index in [0.29, 0.717) is 29.5 Å². The van der Waals surface area contributed by atoms with Crippen molar-refractivity contribution in [3.05, 3.63) is 95.1 Å². The summed E-state index contributed by atoms with van der Waals surface area (Å²) in [4.78, 5) is 31.0. The third-order valence-corrected chi connectivity index (χ3v) is 4.96. The van der Waals surface area contributed by atoms with Gasteiger partial charge in [0.25, 0.3) is 5.91 Å². The van der Waals surface area contributed by atoms with Gasteiger partial charge in [-0.15, -0.1) is 0 Å². The fourth-order valence-electron chi connectivity index (χ4n) is 3.40. The number of aryl methyl sites for hydroxylation is 1. The molecule has 1 aliphatic rings. The number of nitrogens with zero attached hydrogens (tertiary/aromatic N) is 2. The third kappa shape index (κ3) is 4.80. The van der Waals surface area contributed by atoms with Crippen LogP contribution in [-0.2, 0) is 22.6 Å². The van der Waals surface area contributed by atoms with Gasteiger partial charge in [0.15, 0.2) is 0 Å². The van der Waals surface area contributed by atoms with Crippen molar-refractivity contribution in [1.29, 1.82) is 0 Å². The summed E-state index contributed by atoms with van der Waals surface area (Å²) in [5.41, 5.74) is 2.97. The Morgan fingerprint density at radius 2 is 1.74 bits per heavy atom. The molecule has 2 heterocycles. The monoisotopic (exact) mass is 413 g/mol. The van der Waals surface area contributed by atoms with Gasteiger partial charge in [0, 0.05) is 12.6 Å². The molecule has 31 heavy (non-hydrogen) atoms.